The van der Waals surface area contributed by atoms with Crippen molar-refractivity contribution in [3.8, 4) is 16.9 Å². The highest BCUT2D eigenvalue weighted by Crippen LogP contribution is 2.49. The number of fused-ring (bicyclic) bond motifs is 2. The number of hydrogen-bond acceptors (Lipinski definition) is 5. The summed E-state index contributed by atoms with van der Waals surface area (Å²) in [4.78, 5) is 17.9. The Bertz CT molecular complexity index is 1640. The number of pyridine rings is 1. The summed E-state index contributed by atoms with van der Waals surface area (Å²) in [5.41, 5.74) is 2.54. The summed E-state index contributed by atoms with van der Waals surface area (Å²) in [6, 6.07) is 14.0. The van der Waals surface area contributed by atoms with Crippen LogP contribution in [0.3, 0.4) is 0 Å². The number of aromatic nitrogens is 2. The Balaban J connectivity index is 1.60. The van der Waals surface area contributed by atoms with Gasteiger partial charge in [0.1, 0.15) is 16.8 Å². The molecule has 1 saturated carbocycles. The number of benzene rings is 2. The largest absolute Gasteiger partial charge is 0.479 e. The van der Waals surface area contributed by atoms with Crippen molar-refractivity contribution in [1.82, 2.24) is 8.54 Å². The Morgan fingerprint density at radius 2 is 1.79 bits per heavy atom. The zero-order valence-corrected chi connectivity index (χ0v) is 19.0. The lowest BCUT2D eigenvalue weighted by atomic mass is 10.0. The van der Waals surface area contributed by atoms with Crippen molar-refractivity contribution in [3.63, 3.8) is 0 Å². The second kappa shape index (κ2) is 6.68. The zero-order valence-electron chi connectivity index (χ0n) is 18.1. The van der Waals surface area contributed by atoms with E-state index in [2.05, 4.69) is 4.99 Å². The Hall–Kier alpha value is -3.65. The number of rotatable bonds is 3. The average Bonchev–Trinajstić information content (AvgIpc) is 3.38. The molecule has 166 valence electrons. The van der Waals surface area contributed by atoms with Crippen LogP contribution in [0.1, 0.15) is 18.4 Å². The van der Waals surface area contributed by atoms with Gasteiger partial charge in [-0.1, -0.05) is 29.8 Å². The van der Waals surface area contributed by atoms with Crippen LogP contribution in [-0.4, -0.2) is 28.8 Å². The molecule has 0 amide bonds. The van der Waals surface area contributed by atoms with Crippen molar-refractivity contribution >= 4 is 32.8 Å². The molecule has 4 aromatic rings. The Morgan fingerprint density at radius 1 is 1.03 bits per heavy atom. The van der Waals surface area contributed by atoms with Crippen LogP contribution < -0.4 is 10.3 Å². The van der Waals surface area contributed by atoms with Gasteiger partial charge in [0, 0.05) is 42.2 Å². The monoisotopic (exact) mass is 459 g/mol. The molecule has 2 aromatic carbocycles. The molecule has 0 unspecified atom stereocenters. The predicted molar refractivity (Wildman–Crippen MR) is 127 cm³/mol. The van der Waals surface area contributed by atoms with E-state index in [1.54, 1.807) is 43.6 Å². The van der Waals surface area contributed by atoms with Crippen molar-refractivity contribution in [3.05, 3.63) is 76.8 Å². The lowest BCUT2D eigenvalue weighted by molar-refractivity contribution is 0.251. The highest BCUT2D eigenvalue weighted by molar-refractivity contribution is 7.90. The Morgan fingerprint density at radius 3 is 2.52 bits per heavy atom. The van der Waals surface area contributed by atoms with Gasteiger partial charge in [0.2, 0.25) is 0 Å². The molecule has 6 rings (SSSR count). The van der Waals surface area contributed by atoms with Gasteiger partial charge in [0.25, 0.3) is 15.6 Å². The minimum absolute atomic E-state index is 0.105. The van der Waals surface area contributed by atoms with Crippen LogP contribution in [-0.2, 0) is 17.1 Å². The summed E-state index contributed by atoms with van der Waals surface area (Å²) in [6.45, 7) is 1.89. The number of nitrogens with zero attached hydrogens (tertiary/aromatic N) is 3. The van der Waals surface area contributed by atoms with Gasteiger partial charge in [-0.25, -0.2) is 12.4 Å². The van der Waals surface area contributed by atoms with E-state index in [0.29, 0.717) is 11.1 Å². The van der Waals surface area contributed by atoms with E-state index in [1.807, 2.05) is 31.3 Å². The number of hydrogen-bond donors (Lipinski definition) is 0. The van der Waals surface area contributed by atoms with Crippen molar-refractivity contribution in [2.45, 2.75) is 30.3 Å². The summed E-state index contributed by atoms with van der Waals surface area (Å²) < 4.78 is 35.7. The van der Waals surface area contributed by atoms with Crippen LogP contribution in [0.4, 0.5) is 5.69 Å². The molecular formula is C25H21N3O4S. The summed E-state index contributed by atoms with van der Waals surface area (Å²) >= 11 is 0. The van der Waals surface area contributed by atoms with E-state index < -0.39 is 15.6 Å². The molecule has 0 atom stereocenters. The molecule has 1 fully saturated rings. The number of aryl methyl sites for hydroxylation is 2. The molecule has 2 aliphatic rings. The van der Waals surface area contributed by atoms with Crippen molar-refractivity contribution < 1.29 is 13.2 Å². The fraction of sp³-hybridized carbons (Fsp3) is 0.200. The highest BCUT2D eigenvalue weighted by atomic mass is 32.2. The van der Waals surface area contributed by atoms with E-state index >= 15 is 0 Å². The van der Waals surface area contributed by atoms with Gasteiger partial charge < -0.3 is 9.30 Å². The first-order valence-corrected chi connectivity index (χ1v) is 12.1. The Labute approximate surface area is 190 Å². The first-order chi connectivity index (χ1) is 15.8. The van der Waals surface area contributed by atoms with Gasteiger partial charge in [-0.15, -0.1) is 0 Å². The third-order valence-electron chi connectivity index (χ3n) is 6.34. The summed E-state index contributed by atoms with van der Waals surface area (Å²) in [7, 11) is -2.33. The molecule has 33 heavy (non-hydrogen) atoms. The van der Waals surface area contributed by atoms with Crippen LogP contribution in [0.2, 0.25) is 0 Å². The standard InChI is InChI=1S/C25H21N3O4S/c1-16-6-8-17(9-7-16)33(30,31)28-13-10-18-20(14-27(2)24(29)22(18)28)19-4-3-5-21-23(19)32-25(11-12-25)15-26-21/h3-10,13-15H,11-12H2,1-2H3. The topological polar surface area (TPSA) is 82.7 Å². The average molecular weight is 460 g/mol. The van der Waals surface area contributed by atoms with Gasteiger partial charge in [0.05, 0.1) is 4.90 Å². The zero-order chi connectivity index (χ0) is 23.0. The quantitative estimate of drug-likeness (QED) is 0.460. The molecule has 0 bridgehead atoms. The summed E-state index contributed by atoms with van der Waals surface area (Å²) in [5, 5.41) is 0.546. The van der Waals surface area contributed by atoms with Crippen molar-refractivity contribution in [2.24, 2.45) is 12.0 Å². The molecule has 8 heteroatoms. The molecule has 1 spiro atoms. The van der Waals surface area contributed by atoms with Crippen molar-refractivity contribution in [1.29, 1.82) is 0 Å². The fourth-order valence-corrected chi connectivity index (χ4v) is 5.63. The van der Waals surface area contributed by atoms with Crippen LogP contribution in [0.15, 0.2) is 75.6 Å². The smallest absolute Gasteiger partial charge is 0.275 e. The minimum atomic E-state index is -3.95. The van der Waals surface area contributed by atoms with E-state index in [0.717, 1.165) is 39.2 Å². The lowest BCUT2D eigenvalue weighted by Gasteiger charge is -2.23. The Kier molecular flexibility index (Phi) is 4.05. The summed E-state index contributed by atoms with van der Waals surface area (Å²) in [5.74, 6) is 0.659. The van der Waals surface area contributed by atoms with Gasteiger partial charge in [-0.3, -0.25) is 9.79 Å². The van der Waals surface area contributed by atoms with E-state index in [-0.39, 0.29) is 16.0 Å². The molecule has 3 heterocycles. The van der Waals surface area contributed by atoms with Gasteiger partial charge in [0.15, 0.2) is 5.75 Å². The molecule has 1 aliphatic heterocycles. The molecule has 7 nitrogen and oxygen atoms in total. The summed E-state index contributed by atoms with van der Waals surface area (Å²) in [6.07, 6.45) is 6.86. The SMILES string of the molecule is Cc1ccc(S(=O)(=O)n2ccc3c(-c4cccc5c4OC4(C=N5)CC4)cn(C)c(=O)c32)cc1. The minimum Gasteiger partial charge on any atom is -0.479 e. The number of para-hydroxylation sites is 1. The molecule has 2 aromatic heterocycles. The molecule has 0 N–H and O–H groups in total. The van der Waals surface area contributed by atoms with Gasteiger partial charge in [-0.05, 0) is 44.0 Å². The maximum Gasteiger partial charge on any atom is 0.275 e. The molecule has 1 aliphatic carbocycles. The van der Waals surface area contributed by atoms with E-state index in [9.17, 15) is 13.2 Å². The fourth-order valence-electron chi connectivity index (χ4n) is 4.29. The van der Waals surface area contributed by atoms with Gasteiger partial charge >= 0.3 is 0 Å². The molecule has 0 saturated heterocycles. The highest BCUT2D eigenvalue weighted by Gasteiger charge is 2.46. The first-order valence-electron chi connectivity index (χ1n) is 10.7. The first kappa shape index (κ1) is 20.0. The predicted octanol–water partition coefficient (Wildman–Crippen LogP) is 4.18. The maximum atomic E-state index is 13.4. The molecular weight excluding hydrogens is 438 g/mol. The van der Waals surface area contributed by atoms with Crippen LogP contribution in [0, 0.1) is 6.92 Å². The second-order valence-electron chi connectivity index (χ2n) is 8.73. The normalized spacial score (nSPS) is 16.1. The third kappa shape index (κ3) is 2.97. The van der Waals surface area contributed by atoms with E-state index in [4.69, 9.17) is 4.74 Å². The van der Waals surface area contributed by atoms with Crippen molar-refractivity contribution in [2.75, 3.05) is 0 Å². The van der Waals surface area contributed by atoms with Crippen LogP contribution in [0.25, 0.3) is 22.0 Å². The second-order valence-corrected chi connectivity index (χ2v) is 10.5. The number of ether oxygens (including phenoxy) is 1. The number of aliphatic imine (C=N–C) groups is 1. The van der Waals surface area contributed by atoms with Crippen LogP contribution >= 0.6 is 0 Å². The molecule has 0 radical (unpaired) electrons. The van der Waals surface area contributed by atoms with Gasteiger partial charge in [-0.2, -0.15) is 0 Å². The maximum absolute atomic E-state index is 13.4. The lowest BCUT2D eigenvalue weighted by Crippen LogP contribution is -2.23. The van der Waals surface area contributed by atoms with E-state index in [1.165, 1.54) is 10.8 Å². The van der Waals surface area contributed by atoms with Crippen LogP contribution in [0.5, 0.6) is 5.75 Å². The third-order valence-corrected chi connectivity index (χ3v) is 8.03.